The maximum atomic E-state index is 12.5. The Balaban J connectivity index is 1.60. The first kappa shape index (κ1) is 20.5. The van der Waals surface area contributed by atoms with Crippen LogP contribution in [0.4, 0.5) is 0 Å². The van der Waals surface area contributed by atoms with E-state index in [0.29, 0.717) is 11.4 Å². The van der Waals surface area contributed by atoms with E-state index in [2.05, 4.69) is 17.3 Å². The molecule has 2 N–H and O–H groups in total. The summed E-state index contributed by atoms with van der Waals surface area (Å²) < 4.78 is 5.70. The van der Waals surface area contributed by atoms with Crippen LogP contribution in [0, 0.1) is 0 Å². The summed E-state index contributed by atoms with van der Waals surface area (Å²) in [6, 6.07) is 13.0. The molecular formula is C21H26N2O4S. The SMILES string of the molecule is CN1CCC(OC(=O)CC(NCc2ccc(C(=O)O)s2)c2ccccc2)CC1. The van der Waals surface area contributed by atoms with Crippen LogP contribution in [-0.4, -0.2) is 48.2 Å². The molecule has 1 saturated heterocycles. The van der Waals surface area contributed by atoms with E-state index in [-0.39, 0.29) is 24.5 Å². The van der Waals surface area contributed by atoms with Gasteiger partial charge >= 0.3 is 11.9 Å². The zero-order valence-electron chi connectivity index (χ0n) is 16.0. The van der Waals surface area contributed by atoms with Crippen LogP contribution in [0.1, 0.15) is 45.4 Å². The lowest BCUT2D eigenvalue weighted by Gasteiger charge is -2.29. The zero-order chi connectivity index (χ0) is 19.9. The van der Waals surface area contributed by atoms with E-state index >= 15 is 0 Å². The van der Waals surface area contributed by atoms with Crippen molar-refractivity contribution in [2.45, 2.75) is 38.0 Å². The van der Waals surface area contributed by atoms with Crippen molar-refractivity contribution in [1.29, 1.82) is 0 Å². The Hall–Kier alpha value is -2.22. The Morgan fingerprint density at radius 2 is 1.93 bits per heavy atom. The lowest BCUT2D eigenvalue weighted by atomic mass is 10.0. The molecule has 0 aliphatic carbocycles. The van der Waals surface area contributed by atoms with Crippen LogP contribution >= 0.6 is 11.3 Å². The maximum Gasteiger partial charge on any atom is 0.345 e. The molecule has 0 spiro atoms. The molecule has 28 heavy (non-hydrogen) atoms. The third-order valence-electron chi connectivity index (χ3n) is 4.93. The van der Waals surface area contributed by atoms with Gasteiger partial charge in [0, 0.05) is 30.6 Å². The second-order valence-corrected chi connectivity index (χ2v) is 8.28. The summed E-state index contributed by atoms with van der Waals surface area (Å²) in [6.07, 6.45) is 1.99. The van der Waals surface area contributed by atoms with Gasteiger partial charge in [0.1, 0.15) is 11.0 Å². The number of rotatable bonds is 8. The number of esters is 1. The Labute approximate surface area is 169 Å². The number of carboxylic acid groups (broad SMARTS) is 1. The largest absolute Gasteiger partial charge is 0.477 e. The van der Waals surface area contributed by atoms with E-state index in [1.165, 1.54) is 11.3 Å². The molecule has 0 saturated carbocycles. The van der Waals surface area contributed by atoms with Crippen molar-refractivity contribution in [1.82, 2.24) is 10.2 Å². The van der Waals surface area contributed by atoms with Crippen LogP contribution in [0.5, 0.6) is 0 Å². The number of carboxylic acids is 1. The van der Waals surface area contributed by atoms with Crippen molar-refractivity contribution in [3.63, 3.8) is 0 Å². The average Bonchev–Trinajstić information content (AvgIpc) is 3.17. The zero-order valence-corrected chi connectivity index (χ0v) is 16.8. The van der Waals surface area contributed by atoms with Gasteiger partial charge in [-0.1, -0.05) is 30.3 Å². The molecule has 0 radical (unpaired) electrons. The van der Waals surface area contributed by atoms with E-state index in [4.69, 9.17) is 9.84 Å². The molecule has 1 aromatic carbocycles. The standard InChI is InChI=1S/C21H26N2O4S/c1-23-11-9-16(10-12-23)27-20(24)13-18(15-5-3-2-4-6-15)22-14-17-7-8-19(28-17)21(25)26/h2-8,16,18,22H,9-14H2,1H3,(H,25,26). The van der Waals surface area contributed by atoms with Gasteiger partial charge in [0.05, 0.1) is 6.42 Å². The van der Waals surface area contributed by atoms with Crippen LogP contribution in [0.3, 0.4) is 0 Å². The number of hydrogen-bond acceptors (Lipinski definition) is 6. The predicted molar refractivity (Wildman–Crippen MR) is 109 cm³/mol. The van der Waals surface area contributed by atoms with Crippen LogP contribution in [0.15, 0.2) is 42.5 Å². The summed E-state index contributed by atoms with van der Waals surface area (Å²) in [6.45, 7) is 2.39. The van der Waals surface area contributed by atoms with E-state index in [1.807, 2.05) is 30.3 Å². The minimum atomic E-state index is -0.919. The molecule has 0 bridgehead atoms. The lowest BCUT2D eigenvalue weighted by Crippen LogP contribution is -2.36. The maximum absolute atomic E-state index is 12.5. The van der Waals surface area contributed by atoms with Crippen molar-refractivity contribution in [2.24, 2.45) is 0 Å². The smallest absolute Gasteiger partial charge is 0.345 e. The van der Waals surface area contributed by atoms with Crippen LogP contribution in [0.2, 0.25) is 0 Å². The van der Waals surface area contributed by atoms with Crippen molar-refractivity contribution < 1.29 is 19.4 Å². The van der Waals surface area contributed by atoms with E-state index in [1.54, 1.807) is 12.1 Å². The van der Waals surface area contributed by atoms with Crippen LogP contribution in [-0.2, 0) is 16.1 Å². The quantitative estimate of drug-likeness (QED) is 0.660. The van der Waals surface area contributed by atoms with Gasteiger partial charge in [0.25, 0.3) is 0 Å². The third kappa shape index (κ3) is 5.89. The van der Waals surface area contributed by atoms with Gasteiger partial charge in [-0.25, -0.2) is 4.79 Å². The number of ether oxygens (including phenoxy) is 1. The number of carbonyl (C=O) groups excluding carboxylic acids is 1. The van der Waals surface area contributed by atoms with Gasteiger partial charge in [0.2, 0.25) is 0 Å². The van der Waals surface area contributed by atoms with E-state index in [0.717, 1.165) is 36.4 Å². The Bertz CT molecular complexity index is 785. The number of benzene rings is 1. The number of nitrogens with one attached hydrogen (secondary N) is 1. The fourth-order valence-electron chi connectivity index (χ4n) is 3.31. The Kier molecular flexibility index (Phi) is 7.19. The molecule has 1 atom stereocenters. The highest BCUT2D eigenvalue weighted by Gasteiger charge is 2.23. The van der Waals surface area contributed by atoms with Gasteiger partial charge in [-0.2, -0.15) is 0 Å². The highest BCUT2D eigenvalue weighted by molar-refractivity contribution is 7.13. The van der Waals surface area contributed by atoms with Crippen LogP contribution < -0.4 is 5.32 Å². The second-order valence-electron chi connectivity index (χ2n) is 7.11. The van der Waals surface area contributed by atoms with Crippen molar-refractivity contribution in [3.8, 4) is 0 Å². The molecule has 150 valence electrons. The number of nitrogens with zero attached hydrogens (tertiary/aromatic N) is 1. The Morgan fingerprint density at radius 3 is 2.57 bits per heavy atom. The molecule has 7 heteroatoms. The minimum absolute atomic E-state index is 0.00413. The molecule has 1 fully saturated rings. The van der Waals surface area contributed by atoms with Gasteiger partial charge < -0.3 is 20.1 Å². The second kappa shape index (κ2) is 9.82. The molecule has 2 heterocycles. The number of carbonyl (C=O) groups is 2. The van der Waals surface area contributed by atoms with Gasteiger partial charge in [-0.15, -0.1) is 11.3 Å². The summed E-state index contributed by atoms with van der Waals surface area (Å²) in [7, 11) is 2.08. The molecular weight excluding hydrogens is 376 g/mol. The average molecular weight is 403 g/mol. The highest BCUT2D eigenvalue weighted by atomic mass is 32.1. The summed E-state index contributed by atoms with van der Waals surface area (Å²) in [4.78, 5) is 27.1. The first-order valence-corrected chi connectivity index (χ1v) is 10.3. The molecule has 1 aromatic heterocycles. The normalized spacial score (nSPS) is 16.6. The van der Waals surface area contributed by atoms with Crippen molar-refractivity contribution in [3.05, 3.63) is 57.8 Å². The monoisotopic (exact) mass is 402 g/mol. The molecule has 6 nitrogen and oxygen atoms in total. The van der Waals surface area contributed by atoms with Crippen molar-refractivity contribution >= 4 is 23.3 Å². The van der Waals surface area contributed by atoms with Crippen molar-refractivity contribution in [2.75, 3.05) is 20.1 Å². The fourth-order valence-corrected chi connectivity index (χ4v) is 4.11. The minimum Gasteiger partial charge on any atom is -0.477 e. The van der Waals surface area contributed by atoms with Gasteiger partial charge in [-0.05, 0) is 37.6 Å². The third-order valence-corrected chi connectivity index (χ3v) is 6.00. The molecule has 1 unspecified atom stereocenters. The molecule has 0 amide bonds. The molecule has 2 aromatic rings. The molecule has 1 aliphatic rings. The predicted octanol–water partition coefficient (Wildman–Crippen LogP) is 3.30. The topological polar surface area (TPSA) is 78.9 Å². The molecule has 1 aliphatic heterocycles. The van der Waals surface area contributed by atoms with E-state index < -0.39 is 5.97 Å². The van der Waals surface area contributed by atoms with Crippen LogP contribution in [0.25, 0.3) is 0 Å². The summed E-state index contributed by atoms with van der Waals surface area (Å²) in [5.41, 5.74) is 1.01. The number of thiophene rings is 1. The fraction of sp³-hybridized carbons (Fsp3) is 0.429. The highest BCUT2D eigenvalue weighted by Crippen LogP contribution is 2.22. The van der Waals surface area contributed by atoms with E-state index in [9.17, 15) is 9.59 Å². The van der Waals surface area contributed by atoms with Gasteiger partial charge in [-0.3, -0.25) is 4.79 Å². The number of piperidine rings is 1. The summed E-state index contributed by atoms with van der Waals surface area (Å²) in [5.74, 6) is -1.12. The first-order chi connectivity index (χ1) is 13.5. The lowest BCUT2D eigenvalue weighted by molar-refractivity contribution is -0.151. The summed E-state index contributed by atoms with van der Waals surface area (Å²) >= 11 is 1.24. The number of hydrogen-bond donors (Lipinski definition) is 2. The Morgan fingerprint density at radius 1 is 1.21 bits per heavy atom. The summed E-state index contributed by atoms with van der Waals surface area (Å²) in [5, 5.41) is 12.5. The first-order valence-electron chi connectivity index (χ1n) is 9.49. The van der Waals surface area contributed by atoms with Gasteiger partial charge in [0.15, 0.2) is 0 Å². The molecule has 3 rings (SSSR count). The number of aromatic carboxylic acids is 1. The number of likely N-dealkylation sites (tertiary alicyclic amines) is 1.